The van der Waals surface area contributed by atoms with E-state index in [1.54, 1.807) is 13.2 Å². The average Bonchev–Trinajstić information content (AvgIpc) is 3.35. The maximum absolute atomic E-state index is 14.6. The first-order valence-corrected chi connectivity index (χ1v) is 10.6. The van der Waals surface area contributed by atoms with Gasteiger partial charge in [0.25, 0.3) is 0 Å². The highest BCUT2D eigenvalue weighted by Crippen LogP contribution is 2.37. The number of carbonyl (C=O) groups is 1. The van der Waals surface area contributed by atoms with Gasteiger partial charge in [0, 0.05) is 24.3 Å². The molecule has 0 amide bonds. The first-order chi connectivity index (χ1) is 16.5. The SMILES string of the molecule is COCc1c(-c2cc(-c3cc(F)c(C(=O)OC)cc3OC)no2)ccc(-c2ccccc2)c1C. The van der Waals surface area contributed by atoms with Gasteiger partial charge in [-0.3, -0.25) is 0 Å². The minimum Gasteiger partial charge on any atom is -0.496 e. The number of ether oxygens (including phenoxy) is 3. The van der Waals surface area contributed by atoms with E-state index in [0.29, 0.717) is 23.6 Å². The fourth-order valence-corrected chi connectivity index (χ4v) is 3.97. The van der Waals surface area contributed by atoms with Crippen molar-refractivity contribution in [2.45, 2.75) is 13.5 Å². The van der Waals surface area contributed by atoms with E-state index in [2.05, 4.69) is 22.0 Å². The molecule has 174 valence electrons. The minimum absolute atomic E-state index is 0.221. The molecule has 0 saturated heterocycles. The van der Waals surface area contributed by atoms with Crippen LogP contribution in [0.25, 0.3) is 33.7 Å². The quantitative estimate of drug-likeness (QED) is 0.311. The molecule has 0 atom stereocenters. The second kappa shape index (κ2) is 9.89. The number of hydrogen-bond acceptors (Lipinski definition) is 6. The first-order valence-electron chi connectivity index (χ1n) is 10.6. The number of halogens is 1. The molecule has 1 heterocycles. The molecule has 0 aliphatic carbocycles. The summed E-state index contributed by atoms with van der Waals surface area (Å²) in [5, 5.41) is 4.14. The van der Waals surface area contributed by atoms with Crippen molar-refractivity contribution in [2.75, 3.05) is 21.3 Å². The van der Waals surface area contributed by atoms with Gasteiger partial charge in [0.1, 0.15) is 17.3 Å². The molecule has 0 radical (unpaired) electrons. The Kier molecular flexibility index (Phi) is 6.75. The second-order valence-electron chi connectivity index (χ2n) is 7.66. The van der Waals surface area contributed by atoms with E-state index in [0.717, 1.165) is 27.8 Å². The molecular weight excluding hydrogens is 437 g/mol. The summed E-state index contributed by atoms with van der Waals surface area (Å²) in [4.78, 5) is 11.8. The number of rotatable bonds is 7. The van der Waals surface area contributed by atoms with Gasteiger partial charge < -0.3 is 18.7 Å². The third-order valence-corrected chi connectivity index (χ3v) is 5.72. The van der Waals surface area contributed by atoms with Crippen molar-refractivity contribution >= 4 is 5.97 Å². The second-order valence-corrected chi connectivity index (χ2v) is 7.66. The summed E-state index contributed by atoms with van der Waals surface area (Å²) in [5.41, 5.74) is 5.56. The fraction of sp³-hybridized carbons (Fsp3) is 0.185. The predicted octanol–water partition coefficient (Wildman–Crippen LogP) is 6.06. The summed E-state index contributed by atoms with van der Waals surface area (Å²) in [6.45, 7) is 2.42. The molecule has 0 spiro atoms. The summed E-state index contributed by atoms with van der Waals surface area (Å²) >= 11 is 0. The van der Waals surface area contributed by atoms with E-state index in [1.165, 1.54) is 26.4 Å². The number of carbonyl (C=O) groups excluding carboxylic acids is 1. The van der Waals surface area contributed by atoms with Gasteiger partial charge in [-0.2, -0.15) is 0 Å². The van der Waals surface area contributed by atoms with E-state index in [4.69, 9.17) is 14.0 Å². The van der Waals surface area contributed by atoms with Gasteiger partial charge in [-0.1, -0.05) is 47.6 Å². The highest BCUT2D eigenvalue weighted by molar-refractivity contribution is 5.91. The van der Waals surface area contributed by atoms with Crippen LogP contribution < -0.4 is 4.74 Å². The number of nitrogens with zero attached hydrogens (tertiary/aromatic N) is 1. The number of methoxy groups -OCH3 is 3. The maximum Gasteiger partial charge on any atom is 0.340 e. The molecule has 4 aromatic rings. The summed E-state index contributed by atoms with van der Waals surface area (Å²) in [5.74, 6) is -0.754. The van der Waals surface area contributed by atoms with E-state index in [1.807, 2.05) is 37.3 Å². The van der Waals surface area contributed by atoms with Crippen molar-refractivity contribution in [3.8, 4) is 39.5 Å². The molecule has 1 aromatic heterocycles. The third-order valence-electron chi connectivity index (χ3n) is 5.72. The van der Waals surface area contributed by atoms with Crippen LogP contribution in [0.3, 0.4) is 0 Å². The van der Waals surface area contributed by atoms with Gasteiger partial charge in [0.2, 0.25) is 0 Å². The summed E-state index contributed by atoms with van der Waals surface area (Å²) < 4.78 is 35.8. The van der Waals surface area contributed by atoms with Crippen molar-refractivity contribution in [3.05, 3.63) is 83.2 Å². The number of hydrogen-bond donors (Lipinski definition) is 0. The lowest BCUT2D eigenvalue weighted by Gasteiger charge is -2.15. The van der Waals surface area contributed by atoms with Gasteiger partial charge in [0.15, 0.2) is 5.76 Å². The van der Waals surface area contributed by atoms with Crippen LogP contribution >= 0.6 is 0 Å². The zero-order chi connectivity index (χ0) is 24.2. The van der Waals surface area contributed by atoms with E-state index in [9.17, 15) is 9.18 Å². The van der Waals surface area contributed by atoms with Crippen molar-refractivity contribution < 1.29 is 27.9 Å². The zero-order valence-electron chi connectivity index (χ0n) is 19.3. The number of benzene rings is 3. The number of aromatic nitrogens is 1. The summed E-state index contributed by atoms with van der Waals surface area (Å²) in [7, 11) is 4.26. The van der Waals surface area contributed by atoms with E-state index in [-0.39, 0.29) is 11.3 Å². The monoisotopic (exact) mass is 461 g/mol. The van der Waals surface area contributed by atoms with E-state index >= 15 is 0 Å². The lowest BCUT2D eigenvalue weighted by Crippen LogP contribution is -2.05. The first kappa shape index (κ1) is 23.2. The Labute approximate surface area is 196 Å². The topological polar surface area (TPSA) is 70.8 Å². The lowest BCUT2D eigenvalue weighted by molar-refractivity contribution is 0.0595. The molecule has 0 unspecified atom stereocenters. The van der Waals surface area contributed by atoms with Crippen LogP contribution in [-0.2, 0) is 16.1 Å². The van der Waals surface area contributed by atoms with Gasteiger partial charge in [-0.25, -0.2) is 9.18 Å². The Balaban J connectivity index is 1.79. The highest BCUT2D eigenvalue weighted by Gasteiger charge is 2.22. The van der Waals surface area contributed by atoms with Crippen molar-refractivity contribution in [2.24, 2.45) is 0 Å². The molecule has 34 heavy (non-hydrogen) atoms. The van der Waals surface area contributed by atoms with Gasteiger partial charge >= 0.3 is 5.97 Å². The molecule has 6 nitrogen and oxygen atoms in total. The molecule has 0 aliphatic rings. The standard InChI is InChI=1S/C27H24FNO5/c1-16-18(17-8-6-5-7-9-17)10-11-19(22(16)15-31-2)26-14-24(29-34-26)21-12-23(28)20(27(30)33-4)13-25(21)32-3/h5-14H,15H2,1-4H3. The minimum atomic E-state index is -0.790. The molecule has 7 heteroatoms. The van der Waals surface area contributed by atoms with Crippen molar-refractivity contribution in [3.63, 3.8) is 0 Å². The van der Waals surface area contributed by atoms with Crippen LogP contribution in [0.5, 0.6) is 5.75 Å². The maximum atomic E-state index is 14.6. The summed E-state index contributed by atoms with van der Waals surface area (Å²) in [6.07, 6.45) is 0. The van der Waals surface area contributed by atoms with Gasteiger partial charge in [0.05, 0.1) is 26.4 Å². The van der Waals surface area contributed by atoms with Crippen LogP contribution in [0.4, 0.5) is 4.39 Å². The van der Waals surface area contributed by atoms with Crippen LogP contribution in [0.1, 0.15) is 21.5 Å². The highest BCUT2D eigenvalue weighted by atomic mass is 19.1. The normalized spacial score (nSPS) is 10.9. The van der Waals surface area contributed by atoms with Crippen molar-refractivity contribution in [1.29, 1.82) is 0 Å². The Morgan fingerprint density at radius 2 is 1.71 bits per heavy atom. The smallest absolute Gasteiger partial charge is 0.340 e. The largest absolute Gasteiger partial charge is 0.496 e. The Morgan fingerprint density at radius 3 is 2.38 bits per heavy atom. The molecule has 0 N–H and O–H groups in total. The Bertz CT molecular complexity index is 1330. The predicted molar refractivity (Wildman–Crippen MR) is 126 cm³/mol. The van der Waals surface area contributed by atoms with Crippen LogP contribution in [-0.4, -0.2) is 32.5 Å². The molecule has 3 aromatic carbocycles. The molecule has 0 bridgehead atoms. The molecule has 0 saturated carbocycles. The summed E-state index contributed by atoms with van der Waals surface area (Å²) in [6, 6.07) is 18.3. The molecular formula is C27H24FNO5. The fourth-order valence-electron chi connectivity index (χ4n) is 3.97. The lowest BCUT2D eigenvalue weighted by atomic mass is 9.92. The third kappa shape index (κ3) is 4.30. The number of esters is 1. The van der Waals surface area contributed by atoms with Gasteiger partial charge in [-0.15, -0.1) is 0 Å². The van der Waals surface area contributed by atoms with Crippen LogP contribution in [0.15, 0.2) is 65.2 Å². The molecule has 0 aliphatic heterocycles. The zero-order valence-corrected chi connectivity index (χ0v) is 19.3. The van der Waals surface area contributed by atoms with Crippen LogP contribution in [0, 0.1) is 12.7 Å². The van der Waals surface area contributed by atoms with Gasteiger partial charge in [-0.05, 0) is 41.3 Å². The molecule has 4 rings (SSSR count). The average molecular weight is 461 g/mol. The van der Waals surface area contributed by atoms with Crippen molar-refractivity contribution in [1.82, 2.24) is 5.16 Å². The molecule has 0 fully saturated rings. The Hall–Kier alpha value is -3.97. The van der Waals surface area contributed by atoms with E-state index < -0.39 is 11.8 Å². The Morgan fingerprint density at radius 1 is 0.971 bits per heavy atom. The van der Waals surface area contributed by atoms with Crippen LogP contribution in [0.2, 0.25) is 0 Å².